The number of nitrogens with one attached hydrogen (secondary N) is 1. The van der Waals surface area contributed by atoms with E-state index in [0.29, 0.717) is 12.3 Å². The molecule has 0 saturated heterocycles. The molecule has 24 heavy (non-hydrogen) atoms. The van der Waals surface area contributed by atoms with Gasteiger partial charge in [0.25, 0.3) is 5.78 Å². The maximum atomic E-state index is 4.58. The lowest BCUT2D eigenvalue weighted by atomic mass is 10.1. The molecule has 4 aromatic rings. The zero-order chi connectivity index (χ0) is 16.4. The molecule has 0 unspecified atom stereocenters. The average Bonchev–Trinajstić information content (AvgIpc) is 3.10. The molecule has 0 atom stereocenters. The Morgan fingerprint density at radius 3 is 2.58 bits per heavy atom. The summed E-state index contributed by atoms with van der Waals surface area (Å²) in [6, 6.07) is 20.3. The van der Waals surface area contributed by atoms with Crippen molar-refractivity contribution in [3.8, 4) is 11.3 Å². The highest BCUT2D eigenvalue weighted by molar-refractivity contribution is 9.10. The van der Waals surface area contributed by atoms with Crippen molar-refractivity contribution in [2.24, 2.45) is 0 Å². The molecule has 2 aromatic carbocycles. The standard InChI is InChI=1S/C18H14BrN5/c19-15-8-6-13(7-9-15)11-20-17-10-16(14-4-2-1-3-5-14)23-18-21-12-22-24(17)18/h1-10,12,20H,11H2. The summed E-state index contributed by atoms with van der Waals surface area (Å²) in [5, 5.41) is 7.68. The fourth-order valence-corrected chi connectivity index (χ4v) is 2.75. The lowest BCUT2D eigenvalue weighted by Gasteiger charge is -2.10. The van der Waals surface area contributed by atoms with Crippen LogP contribution in [-0.2, 0) is 6.54 Å². The first-order valence-corrected chi connectivity index (χ1v) is 8.33. The van der Waals surface area contributed by atoms with Crippen LogP contribution in [0.3, 0.4) is 0 Å². The minimum atomic E-state index is 0.578. The minimum absolute atomic E-state index is 0.578. The van der Waals surface area contributed by atoms with Crippen LogP contribution in [0.25, 0.3) is 17.0 Å². The fraction of sp³-hybridized carbons (Fsp3) is 0.0556. The third-order valence-electron chi connectivity index (χ3n) is 3.71. The van der Waals surface area contributed by atoms with E-state index in [1.54, 1.807) is 4.52 Å². The van der Waals surface area contributed by atoms with Gasteiger partial charge in [0.15, 0.2) is 0 Å². The van der Waals surface area contributed by atoms with Crippen molar-refractivity contribution in [2.75, 3.05) is 5.32 Å². The number of rotatable bonds is 4. The lowest BCUT2D eigenvalue weighted by molar-refractivity contribution is 0.926. The van der Waals surface area contributed by atoms with Crippen molar-refractivity contribution in [1.29, 1.82) is 0 Å². The van der Waals surface area contributed by atoms with E-state index in [1.165, 1.54) is 11.9 Å². The molecule has 0 radical (unpaired) electrons. The monoisotopic (exact) mass is 379 g/mol. The summed E-state index contributed by atoms with van der Waals surface area (Å²) in [4.78, 5) is 8.80. The van der Waals surface area contributed by atoms with E-state index in [2.05, 4.69) is 48.4 Å². The molecule has 6 heteroatoms. The average molecular weight is 380 g/mol. The van der Waals surface area contributed by atoms with Gasteiger partial charge in [0.2, 0.25) is 0 Å². The maximum absolute atomic E-state index is 4.58. The van der Waals surface area contributed by atoms with Crippen LogP contribution >= 0.6 is 15.9 Å². The summed E-state index contributed by atoms with van der Waals surface area (Å²) in [7, 11) is 0. The molecule has 118 valence electrons. The molecular weight excluding hydrogens is 366 g/mol. The van der Waals surface area contributed by atoms with Crippen LogP contribution in [-0.4, -0.2) is 19.6 Å². The predicted octanol–water partition coefficient (Wildman–Crippen LogP) is 4.17. The normalized spacial score (nSPS) is 10.9. The Kier molecular flexibility index (Phi) is 3.96. The molecule has 0 bridgehead atoms. The van der Waals surface area contributed by atoms with E-state index in [9.17, 15) is 0 Å². The van der Waals surface area contributed by atoms with E-state index in [1.807, 2.05) is 48.5 Å². The molecule has 0 aliphatic heterocycles. The summed E-state index contributed by atoms with van der Waals surface area (Å²) in [5.74, 6) is 1.44. The van der Waals surface area contributed by atoms with Gasteiger partial charge in [-0.2, -0.15) is 14.6 Å². The Labute approximate surface area is 147 Å². The molecule has 1 N–H and O–H groups in total. The van der Waals surface area contributed by atoms with E-state index in [-0.39, 0.29) is 0 Å². The van der Waals surface area contributed by atoms with Crippen molar-refractivity contribution < 1.29 is 0 Å². The molecule has 0 amide bonds. The van der Waals surface area contributed by atoms with Crippen LogP contribution in [0.4, 0.5) is 5.82 Å². The maximum Gasteiger partial charge on any atom is 0.254 e. The summed E-state index contributed by atoms with van der Waals surface area (Å²) in [6.07, 6.45) is 1.52. The smallest absolute Gasteiger partial charge is 0.254 e. The van der Waals surface area contributed by atoms with Crippen LogP contribution < -0.4 is 5.32 Å². The number of nitrogens with zero attached hydrogens (tertiary/aromatic N) is 4. The largest absolute Gasteiger partial charge is 0.366 e. The second kappa shape index (κ2) is 6.41. The van der Waals surface area contributed by atoms with Gasteiger partial charge in [0.05, 0.1) is 5.69 Å². The third-order valence-corrected chi connectivity index (χ3v) is 4.24. The van der Waals surface area contributed by atoms with Crippen molar-refractivity contribution in [3.05, 3.63) is 77.0 Å². The molecule has 0 spiro atoms. The highest BCUT2D eigenvalue weighted by atomic mass is 79.9. The van der Waals surface area contributed by atoms with Gasteiger partial charge in [-0.25, -0.2) is 4.98 Å². The van der Waals surface area contributed by atoms with Crippen LogP contribution in [0.5, 0.6) is 0 Å². The Morgan fingerprint density at radius 1 is 1.00 bits per heavy atom. The van der Waals surface area contributed by atoms with Gasteiger partial charge in [0.1, 0.15) is 12.1 Å². The first-order valence-electron chi connectivity index (χ1n) is 7.54. The van der Waals surface area contributed by atoms with E-state index >= 15 is 0 Å². The quantitative estimate of drug-likeness (QED) is 0.578. The summed E-state index contributed by atoms with van der Waals surface area (Å²) < 4.78 is 2.78. The van der Waals surface area contributed by atoms with Crippen LogP contribution in [0.15, 0.2) is 71.5 Å². The Bertz CT molecular complexity index is 964. The summed E-state index contributed by atoms with van der Waals surface area (Å²) in [6.45, 7) is 0.695. The number of aromatic nitrogens is 4. The van der Waals surface area contributed by atoms with Crippen LogP contribution in [0, 0.1) is 0 Å². The van der Waals surface area contributed by atoms with Gasteiger partial charge < -0.3 is 5.32 Å². The highest BCUT2D eigenvalue weighted by Crippen LogP contribution is 2.21. The highest BCUT2D eigenvalue weighted by Gasteiger charge is 2.09. The molecule has 0 saturated carbocycles. The van der Waals surface area contributed by atoms with Crippen LogP contribution in [0.2, 0.25) is 0 Å². The third kappa shape index (κ3) is 3.00. The van der Waals surface area contributed by atoms with E-state index < -0.39 is 0 Å². The minimum Gasteiger partial charge on any atom is -0.366 e. The lowest BCUT2D eigenvalue weighted by Crippen LogP contribution is -2.06. The van der Waals surface area contributed by atoms with Gasteiger partial charge >= 0.3 is 0 Å². The Hall–Kier alpha value is -2.73. The topological polar surface area (TPSA) is 55.1 Å². The number of fused-ring (bicyclic) bond motifs is 1. The van der Waals surface area contributed by atoms with Gasteiger partial charge in [-0.1, -0.05) is 58.4 Å². The van der Waals surface area contributed by atoms with Gasteiger partial charge in [-0.05, 0) is 17.7 Å². The molecular formula is C18H14BrN5. The number of hydrogen-bond acceptors (Lipinski definition) is 4. The SMILES string of the molecule is Brc1ccc(CNc2cc(-c3ccccc3)nc3ncnn23)cc1. The number of benzene rings is 2. The van der Waals surface area contributed by atoms with Crippen LogP contribution in [0.1, 0.15) is 5.56 Å². The molecule has 0 aliphatic carbocycles. The van der Waals surface area contributed by atoms with E-state index in [0.717, 1.165) is 21.5 Å². The first kappa shape index (κ1) is 14.8. The molecule has 2 aromatic heterocycles. The number of anilines is 1. The number of halogens is 1. The molecule has 2 heterocycles. The zero-order valence-electron chi connectivity index (χ0n) is 12.7. The van der Waals surface area contributed by atoms with Gasteiger partial charge in [-0.15, -0.1) is 0 Å². The zero-order valence-corrected chi connectivity index (χ0v) is 14.3. The second-order valence-electron chi connectivity index (χ2n) is 5.34. The predicted molar refractivity (Wildman–Crippen MR) is 97.7 cm³/mol. The Balaban J connectivity index is 1.68. The summed E-state index contributed by atoms with van der Waals surface area (Å²) >= 11 is 3.45. The molecule has 5 nitrogen and oxygen atoms in total. The molecule has 4 rings (SSSR count). The van der Waals surface area contributed by atoms with Crippen molar-refractivity contribution >= 4 is 27.5 Å². The first-order chi connectivity index (χ1) is 11.8. The summed E-state index contributed by atoms with van der Waals surface area (Å²) in [5.41, 5.74) is 3.11. The van der Waals surface area contributed by atoms with E-state index in [4.69, 9.17) is 0 Å². The second-order valence-corrected chi connectivity index (χ2v) is 6.26. The van der Waals surface area contributed by atoms with Crippen molar-refractivity contribution in [3.63, 3.8) is 0 Å². The number of hydrogen-bond donors (Lipinski definition) is 1. The molecule has 0 fully saturated rings. The molecule has 0 aliphatic rings. The van der Waals surface area contributed by atoms with Crippen molar-refractivity contribution in [1.82, 2.24) is 19.6 Å². The van der Waals surface area contributed by atoms with Gasteiger partial charge in [0, 0.05) is 22.6 Å². The van der Waals surface area contributed by atoms with Gasteiger partial charge in [-0.3, -0.25) is 0 Å². The fourth-order valence-electron chi connectivity index (χ4n) is 2.49. The van der Waals surface area contributed by atoms with Crippen molar-refractivity contribution in [2.45, 2.75) is 6.54 Å². The Morgan fingerprint density at radius 2 is 1.79 bits per heavy atom.